The Bertz CT molecular complexity index is 388. The molecule has 1 aliphatic heterocycles. The molecule has 0 amide bonds. The standard InChI is InChI=1S/C17H28N2O/c1-15-6-9-18-13-17(15)14-19(2)10-4-3-5-16-7-11-20-12-8-16/h6,9,13,16H,3-5,7-8,10-12,14H2,1-2H3. The minimum absolute atomic E-state index is 0.912. The molecule has 3 nitrogen and oxygen atoms in total. The Morgan fingerprint density at radius 1 is 1.30 bits per heavy atom. The van der Waals surface area contributed by atoms with E-state index in [2.05, 4.69) is 29.9 Å². The summed E-state index contributed by atoms with van der Waals surface area (Å²) in [6.45, 7) is 6.31. The second-order valence-electron chi connectivity index (χ2n) is 6.09. The van der Waals surface area contributed by atoms with Gasteiger partial charge in [-0.1, -0.05) is 12.8 Å². The molecule has 0 atom stereocenters. The first-order chi connectivity index (χ1) is 9.75. The predicted octanol–water partition coefficient (Wildman–Crippen LogP) is 3.42. The molecule has 0 spiro atoms. The van der Waals surface area contributed by atoms with Crippen molar-refractivity contribution in [3.05, 3.63) is 29.6 Å². The second kappa shape index (κ2) is 8.38. The molecule has 3 heteroatoms. The fraction of sp³-hybridized carbons (Fsp3) is 0.706. The van der Waals surface area contributed by atoms with Gasteiger partial charge in [0.1, 0.15) is 0 Å². The van der Waals surface area contributed by atoms with E-state index in [0.717, 1.165) is 25.7 Å². The van der Waals surface area contributed by atoms with E-state index in [-0.39, 0.29) is 0 Å². The Morgan fingerprint density at radius 2 is 2.10 bits per heavy atom. The number of pyridine rings is 1. The van der Waals surface area contributed by atoms with Crippen molar-refractivity contribution in [1.82, 2.24) is 9.88 Å². The van der Waals surface area contributed by atoms with Crippen molar-refractivity contribution in [2.75, 3.05) is 26.8 Å². The number of aryl methyl sites for hydroxylation is 1. The number of hydrogen-bond acceptors (Lipinski definition) is 3. The quantitative estimate of drug-likeness (QED) is 0.714. The Kier molecular flexibility index (Phi) is 6.48. The van der Waals surface area contributed by atoms with Crippen molar-refractivity contribution >= 4 is 0 Å². The van der Waals surface area contributed by atoms with Gasteiger partial charge >= 0.3 is 0 Å². The summed E-state index contributed by atoms with van der Waals surface area (Å²) in [6, 6.07) is 2.09. The van der Waals surface area contributed by atoms with Crippen LogP contribution in [0.5, 0.6) is 0 Å². The van der Waals surface area contributed by atoms with Crippen LogP contribution in [-0.2, 0) is 11.3 Å². The average Bonchev–Trinajstić information content (AvgIpc) is 2.47. The van der Waals surface area contributed by atoms with Gasteiger partial charge in [0.15, 0.2) is 0 Å². The highest BCUT2D eigenvalue weighted by molar-refractivity contribution is 5.20. The Labute approximate surface area is 123 Å². The Morgan fingerprint density at radius 3 is 2.85 bits per heavy atom. The van der Waals surface area contributed by atoms with Crippen LogP contribution >= 0.6 is 0 Å². The van der Waals surface area contributed by atoms with Crippen molar-refractivity contribution in [2.24, 2.45) is 5.92 Å². The van der Waals surface area contributed by atoms with Crippen LogP contribution in [0.15, 0.2) is 18.5 Å². The number of nitrogens with zero attached hydrogens (tertiary/aromatic N) is 2. The summed E-state index contributed by atoms with van der Waals surface area (Å²) < 4.78 is 5.41. The van der Waals surface area contributed by atoms with Crippen LogP contribution in [0.2, 0.25) is 0 Å². The smallest absolute Gasteiger partial charge is 0.0468 e. The van der Waals surface area contributed by atoms with Gasteiger partial charge in [-0.3, -0.25) is 4.98 Å². The summed E-state index contributed by atoms with van der Waals surface area (Å²) >= 11 is 0. The molecule has 2 rings (SSSR count). The van der Waals surface area contributed by atoms with Gasteiger partial charge in [-0.05, 0) is 62.9 Å². The maximum atomic E-state index is 5.41. The molecule has 1 aliphatic rings. The van der Waals surface area contributed by atoms with Gasteiger partial charge in [0.2, 0.25) is 0 Å². The van der Waals surface area contributed by atoms with Gasteiger partial charge in [0, 0.05) is 32.2 Å². The van der Waals surface area contributed by atoms with E-state index in [1.54, 1.807) is 0 Å². The lowest BCUT2D eigenvalue weighted by molar-refractivity contribution is 0.0629. The summed E-state index contributed by atoms with van der Waals surface area (Å²) in [4.78, 5) is 6.63. The SMILES string of the molecule is Cc1ccncc1CN(C)CCCCC1CCOCC1. The molecule has 0 bridgehead atoms. The first kappa shape index (κ1) is 15.5. The molecule has 112 valence electrons. The van der Waals surface area contributed by atoms with Gasteiger partial charge < -0.3 is 9.64 Å². The summed E-state index contributed by atoms with van der Waals surface area (Å²) in [5.41, 5.74) is 2.69. The summed E-state index contributed by atoms with van der Waals surface area (Å²) in [5, 5.41) is 0. The zero-order valence-corrected chi connectivity index (χ0v) is 13.0. The molecule has 0 saturated carbocycles. The number of ether oxygens (including phenoxy) is 1. The van der Waals surface area contributed by atoms with Crippen LogP contribution in [0.4, 0.5) is 0 Å². The van der Waals surface area contributed by atoms with Gasteiger partial charge in [-0.25, -0.2) is 0 Å². The lowest BCUT2D eigenvalue weighted by Gasteiger charge is -2.22. The third-order valence-electron chi connectivity index (χ3n) is 4.33. The maximum Gasteiger partial charge on any atom is 0.0468 e. The first-order valence-corrected chi connectivity index (χ1v) is 7.91. The van der Waals surface area contributed by atoms with Crippen LogP contribution in [0.25, 0.3) is 0 Å². The van der Waals surface area contributed by atoms with Crippen molar-refractivity contribution in [3.63, 3.8) is 0 Å². The molecule has 0 radical (unpaired) electrons. The van der Waals surface area contributed by atoms with Crippen LogP contribution in [0.3, 0.4) is 0 Å². The molecule has 2 heterocycles. The molecule has 1 saturated heterocycles. The fourth-order valence-corrected chi connectivity index (χ4v) is 2.88. The van der Waals surface area contributed by atoms with E-state index >= 15 is 0 Å². The van der Waals surface area contributed by atoms with Gasteiger partial charge in [-0.2, -0.15) is 0 Å². The van der Waals surface area contributed by atoms with Gasteiger partial charge in [0.25, 0.3) is 0 Å². The Hall–Kier alpha value is -0.930. The fourth-order valence-electron chi connectivity index (χ4n) is 2.88. The van der Waals surface area contributed by atoms with Gasteiger partial charge in [0.05, 0.1) is 0 Å². The van der Waals surface area contributed by atoms with Crippen molar-refractivity contribution < 1.29 is 4.74 Å². The summed E-state index contributed by atoms with van der Waals surface area (Å²) in [6.07, 6.45) is 10.4. The number of rotatable bonds is 7. The van der Waals surface area contributed by atoms with E-state index in [4.69, 9.17) is 4.74 Å². The highest BCUT2D eigenvalue weighted by atomic mass is 16.5. The maximum absolute atomic E-state index is 5.41. The summed E-state index contributed by atoms with van der Waals surface area (Å²) in [5.74, 6) is 0.912. The normalized spacial score (nSPS) is 16.8. The number of unbranched alkanes of at least 4 members (excludes halogenated alkanes) is 1. The zero-order chi connectivity index (χ0) is 14.2. The van der Waals surface area contributed by atoms with E-state index in [9.17, 15) is 0 Å². The van der Waals surface area contributed by atoms with Crippen LogP contribution in [0, 0.1) is 12.8 Å². The Balaban J connectivity index is 1.60. The molecule has 20 heavy (non-hydrogen) atoms. The summed E-state index contributed by atoms with van der Waals surface area (Å²) in [7, 11) is 2.21. The molecular weight excluding hydrogens is 248 g/mol. The van der Waals surface area contributed by atoms with Crippen molar-refractivity contribution in [3.8, 4) is 0 Å². The molecule has 0 N–H and O–H groups in total. The van der Waals surface area contributed by atoms with Crippen LogP contribution in [-0.4, -0.2) is 36.7 Å². The molecule has 1 aromatic rings. The third kappa shape index (κ3) is 5.22. The topological polar surface area (TPSA) is 25.4 Å². The van der Waals surface area contributed by atoms with Crippen molar-refractivity contribution in [1.29, 1.82) is 0 Å². The van der Waals surface area contributed by atoms with E-state index in [1.807, 2.05) is 12.4 Å². The molecule has 0 aromatic carbocycles. The van der Waals surface area contributed by atoms with E-state index in [1.165, 1.54) is 49.8 Å². The number of aromatic nitrogens is 1. The van der Waals surface area contributed by atoms with E-state index in [0.29, 0.717) is 0 Å². The third-order valence-corrected chi connectivity index (χ3v) is 4.33. The number of hydrogen-bond donors (Lipinski definition) is 0. The first-order valence-electron chi connectivity index (χ1n) is 7.91. The van der Waals surface area contributed by atoms with E-state index < -0.39 is 0 Å². The highest BCUT2D eigenvalue weighted by Crippen LogP contribution is 2.20. The molecule has 1 aromatic heterocycles. The minimum atomic E-state index is 0.912. The second-order valence-corrected chi connectivity index (χ2v) is 6.09. The molecular formula is C17H28N2O. The van der Waals surface area contributed by atoms with Crippen LogP contribution in [0.1, 0.15) is 43.2 Å². The molecule has 0 aliphatic carbocycles. The van der Waals surface area contributed by atoms with Crippen molar-refractivity contribution in [2.45, 2.75) is 45.6 Å². The average molecular weight is 276 g/mol. The monoisotopic (exact) mass is 276 g/mol. The predicted molar refractivity (Wildman–Crippen MR) is 82.7 cm³/mol. The zero-order valence-electron chi connectivity index (χ0n) is 13.0. The van der Waals surface area contributed by atoms with Gasteiger partial charge in [-0.15, -0.1) is 0 Å². The minimum Gasteiger partial charge on any atom is -0.381 e. The lowest BCUT2D eigenvalue weighted by atomic mass is 9.94. The molecule has 1 fully saturated rings. The highest BCUT2D eigenvalue weighted by Gasteiger charge is 2.13. The lowest BCUT2D eigenvalue weighted by Crippen LogP contribution is -2.20. The largest absolute Gasteiger partial charge is 0.381 e. The molecule has 0 unspecified atom stereocenters. The van der Waals surface area contributed by atoms with Crippen LogP contribution < -0.4 is 0 Å².